The number of nitrogens with zero attached hydrogens (tertiary/aromatic N) is 3. The van der Waals surface area contributed by atoms with Crippen LogP contribution < -0.4 is 10.6 Å². The van der Waals surface area contributed by atoms with Crippen molar-refractivity contribution in [2.24, 2.45) is 5.92 Å². The summed E-state index contributed by atoms with van der Waals surface area (Å²) in [4.78, 5) is 25.7. The lowest BCUT2D eigenvalue weighted by molar-refractivity contribution is -0.137. The summed E-state index contributed by atoms with van der Waals surface area (Å²) in [5, 5.41) is 10.3. The zero-order valence-corrected chi connectivity index (χ0v) is 14.0. The van der Waals surface area contributed by atoms with E-state index < -0.39 is 6.04 Å². The fourth-order valence-corrected chi connectivity index (χ4v) is 2.88. The number of nitrogens with one attached hydrogen (secondary N) is 2. The molecule has 0 bridgehead atoms. The number of amides is 2. The number of aromatic nitrogens is 2. The van der Waals surface area contributed by atoms with Gasteiger partial charge in [-0.2, -0.15) is 5.10 Å². The molecule has 1 aliphatic rings. The summed E-state index contributed by atoms with van der Waals surface area (Å²) < 4.78 is 1.59. The lowest BCUT2D eigenvalue weighted by atomic mass is 9.96. The van der Waals surface area contributed by atoms with Gasteiger partial charge >= 0.3 is 0 Å². The lowest BCUT2D eigenvalue weighted by Gasteiger charge is -2.23. The van der Waals surface area contributed by atoms with Crippen LogP contribution in [0.15, 0.2) is 18.5 Å². The van der Waals surface area contributed by atoms with Crippen LogP contribution in [-0.4, -0.2) is 59.7 Å². The Labute approximate surface area is 137 Å². The summed E-state index contributed by atoms with van der Waals surface area (Å²) in [7, 11) is 1.65. The van der Waals surface area contributed by atoms with E-state index >= 15 is 0 Å². The van der Waals surface area contributed by atoms with Crippen LogP contribution >= 0.6 is 0 Å². The molecule has 7 heteroatoms. The highest BCUT2D eigenvalue weighted by molar-refractivity contribution is 5.86. The van der Waals surface area contributed by atoms with E-state index in [1.54, 1.807) is 37.1 Å². The van der Waals surface area contributed by atoms with E-state index in [1.807, 2.05) is 0 Å². The van der Waals surface area contributed by atoms with Crippen molar-refractivity contribution >= 4 is 11.8 Å². The maximum Gasteiger partial charge on any atom is 0.247 e. The second-order valence-corrected chi connectivity index (χ2v) is 6.21. The Kier molecular flexibility index (Phi) is 6.58. The van der Waals surface area contributed by atoms with Gasteiger partial charge in [0.15, 0.2) is 0 Å². The fraction of sp³-hybridized carbons (Fsp3) is 0.688. The van der Waals surface area contributed by atoms with Crippen LogP contribution in [0.5, 0.6) is 0 Å². The molecule has 0 spiro atoms. The summed E-state index contributed by atoms with van der Waals surface area (Å²) in [6, 6.07) is 1.37. The van der Waals surface area contributed by atoms with Gasteiger partial charge in [-0.15, -0.1) is 0 Å². The average molecular weight is 321 g/mol. The molecule has 128 valence electrons. The third-order valence-electron chi connectivity index (χ3n) is 4.31. The first-order chi connectivity index (χ1) is 11.1. The molecule has 23 heavy (non-hydrogen) atoms. The second-order valence-electron chi connectivity index (χ2n) is 6.21. The van der Waals surface area contributed by atoms with Crippen LogP contribution in [0, 0.1) is 5.92 Å². The first-order valence-corrected chi connectivity index (χ1v) is 8.29. The maximum atomic E-state index is 12.3. The van der Waals surface area contributed by atoms with Crippen LogP contribution in [0.3, 0.4) is 0 Å². The molecular formula is C16H27N5O2. The number of likely N-dealkylation sites (N-methyl/N-ethyl adjacent to an activating group) is 1. The number of rotatable bonds is 7. The molecular weight excluding hydrogens is 294 g/mol. The van der Waals surface area contributed by atoms with E-state index in [1.165, 1.54) is 17.7 Å². The van der Waals surface area contributed by atoms with Crippen LogP contribution in [0.1, 0.15) is 32.2 Å². The molecule has 0 aromatic carbocycles. The summed E-state index contributed by atoms with van der Waals surface area (Å²) in [6.45, 7) is 4.66. The van der Waals surface area contributed by atoms with Crippen molar-refractivity contribution in [2.75, 3.05) is 33.2 Å². The first-order valence-electron chi connectivity index (χ1n) is 8.29. The molecule has 0 radical (unpaired) electrons. The quantitative estimate of drug-likeness (QED) is 0.762. The minimum atomic E-state index is -0.406. The highest BCUT2D eigenvalue weighted by Crippen LogP contribution is 2.12. The topological polar surface area (TPSA) is 79.3 Å². The molecule has 1 aromatic heterocycles. The minimum absolute atomic E-state index is 0.0767. The smallest absolute Gasteiger partial charge is 0.247 e. The molecule has 1 saturated heterocycles. The maximum absolute atomic E-state index is 12.3. The Hall–Kier alpha value is -1.89. The Bertz CT molecular complexity index is 497. The van der Waals surface area contributed by atoms with Crippen LogP contribution in [0.25, 0.3) is 0 Å². The Morgan fingerprint density at radius 3 is 3.00 bits per heavy atom. The number of piperidine rings is 1. The van der Waals surface area contributed by atoms with Gasteiger partial charge in [-0.25, -0.2) is 0 Å². The SMILES string of the molecule is CC(C(=O)N(C)CC(=O)NCCC1CCCNC1)n1cccn1. The van der Waals surface area contributed by atoms with E-state index in [-0.39, 0.29) is 18.4 Å². The van der Waals surface area contributed by atoms with Crippen molar-refractivity contribution in [3.05, 3.63) is 18.5 Å². The molecule has 2 rings (SSSR count). The third-order valence-corrected chi connectivity index (χ3v) is 4.31. The van der Waals surface area contributed by atoms with E-state index in [0.29, 0.717) is 12.5 Å². The summed E-state index contributed by atoms with van der Waals surface area (Å²) >= 11 is 0. The average Bonchev–Trinajstić information content (AvgIpc) is 3.08. The van der Waals surface area contributed by atoms with E-state index in [9.17, 15) is 9.59 Å². The Morgan fingerprint density at radius 2 is 2.35 bits per heavy atom. The van der Waals surface area contributed by atoms with Gasteiger partial charge in [-0.05, 0) is 51.3 Å². The molecule has 7 nitrogen and oxygen atoms in total. The molecule has 0 aliphatic carbocycles. The molecule has 1 aromatic rings. The van der Waals surface area contributed by atoms with Crippen molar-refractivity contribution in [3.8, 4) is 0 Å². The predicted octanol–water partition coefficient (Wildman–Crippen LogP) is 0.408. The van der Waals surface area contributed by atoms with Gasteiger partial charge in [0.1, 0.15) is 6.04 Å². The van der Waals surface area contributed by atoms with Gasteiger partial charge < -0.3 is 15.5 Å². The van der Waals surface area contributed by atoms with Crippen molar-refractivity contribution < 1.29 is 9.59 Å². The molecule has 2 atom stereocenters. The predicted molar refractivity (Wildman–Crippen MR) is 87.8 cm³/mol. The summed E-state index contributed by atoms with van der Waals surface area (Å²) in [5.41, 5.74) is 0. The van der Waals surface area contributed by atoms with Crippen molar-refractivity contribution in [1.29, 1.82) is 0 Å². The third kappa shape index (κ3) is 5.35. The number of carbonyl (C=O) groups is 2. The Morgan fingerprint density at radius 1 is 1.52 bits per heavy atom. The summed E-state index contributed by atoms with van der Waals surface area (Å²) in [6.07, 6.45) is 6.80. The fourth-order valence-electron chi connectivity index (χ4n) is 2.88. The van der Waals surface area contributed by atoms with E-state index in [4.69, 9.17) is 0 Å². The largest absolute Gasteiger partial charge is 0.355 e. The lowest BCUT2D eigenvalue weighted by Crippen LogP contribution is -2.41. The van der Waals surface area contributed by atoms with Gasteiger partial charge in [0.2, 0.25) is 11.8 Å². The molecule has 2 unspecified atom stereocenters. The van der Waals surface area contributed by atoms with Crippen LogP contribution in [0.4, 0.5) is 0 Å². The number of carbonyl (C=O) groups excluding carboxylic acids is 2. The van der Waals surface area contributed by atoms with Crippen molar-refractivity contribution in [3.63, 3.8) is 0 Å². The molecule has 2 amide bonds. The highest BCUT2D eigenvalue weighted by atomic mass is 16.2. The van der Waals surface area contributed by atoms with Gasteiger partial charge in [0.25, 0.3) is 0 Å². The number of hydrogen-bond donors (Lipinski definition) is 2. The van der Waals surface area contributed by atoms with Crippen molar-refractivity contribution in [1.82, 2.24) is 25.3 Å². The normalized spacial score (nSPS) is 19.1. The van der Waals surface area contributed by atoms with Crippen LogP contribution in [-0.2, 0) is 9.59 Å². The first kappa shape index (κ1) is 17.5. The van der Waals surface area contributed by atoms with Gasteiger partial charge in [-0.1, -0.05) is 0 Å². The molecule has 1 aliphatic heterocycles. The second kappa shape index (κ2) is 8.67. The monoisotopic (exact) mass is 321 g/mol. The zero-order valence-electron chi connectivity index (χ0n) is 14.0. The minimum Gasteiger partial charge on any atom is -0.355 e. The standard InChI is InChI=1S/C16H27N5O2/c1-13(21-10-4-8-19-21)16(23)20(2)12-15(22)18-9-6-14-5-3-7-17-11-14/h4,8,10,13-14,17H,3,5-7,9,11-12H2,1-2H3,(H,18,22). The van der Waals surface area contributed by atoms with Crippen molar-refractivity contribution in [2.45, 2.75) is 32.2 Å². The zero-order chi connectivity index (χ0) is 16.7. The number of hydrogen-bond acceptors (Lipinski definition) is 4. The molecule has 2 heterocycles. The van der Waals surface area contributed by atoms with Gasteiger partial charge in [0.05, 0.1) is 6.54 Å². The Balaban J connectivity index is 1.68. The summed E-state index contributed by atoms with van der Waals surface area (Å²) in [5.74, 6) is 0.404. The molecule has 2 N–H and O–H groups in total. The highest BCUT2D eigenvalue weighted by Gasteiger charge is 2.21. The van der Waals surface area contributed by atoms with E-state index in [0.717, 1.165) is 19.5 Å². The molecule has 0 saturated carbocycles. The van der Waals surface area contributed by atoms with E-state index in [2.05, 4.69) is 15.7 Å². The molecule has 1 fully saturated rings. The van der Waals surface area contributed by atoms with Gasteiger partial charge in [-0.3, -0.25) is 14.3 Å². The van der Waals surface area contributed by atoms with Gasteiger partial charge in [0, 0.05) is 26.0 Å². The van der Waals surface area contributed by atoms with Crippen LogP contribution in [0.2, 0.25) is 0 Å².